The van der Waals surface area contributed by atoms with E-state index in [2.05, 4.69) is 10.6 Å². The number of hydrogen-bond donors (Lipinski definition) is 2. The van der Waals surface area contributed by atoms with Gasteiger partial charge in [-0.2, -0.15) is 0 Å². The average molecular weight is 402 g/mol. The fraction of sp³-hybridized carbons (Fsp3) is 0.118. The van der Waals surface area contributed by atoms with Crippen LogP contribution >= 0.6 is 46.4 Å². The van der Waals surface area contributed by atoms with Crippen LogP contribution in [-0.4, -0.2) is 17.9 Å². The number of anilines is 2. The number of benzene rings is 2. The summed E-state index contributed by atoms with van der Waals surface area (Å²) in [6, 6.07) is 9.68. The van der Waals surface area contributed by atoms with E-state index < -0.39 is 6.04 Å². The van der Waals surface area contributed by atoms with Gasteiger partial charge in [0, 0.05) is 11.4 Å². The first kappa shape index (κ1) is 17.4. The monoisotopic (exact) mass is 400 g/mol. The normalized spacial score (nSPS) is 19.6. The highest BCUT2D eigenvalue weighted by Crippen LogP contribution is 2.28. The van der Waals surface area contributed by atoms with Crippen LogP contribution in [0.4, 0.5) is 11.4 Å². The summed E-state index contributed by atoms with van der Waals surface area (Å²) in [5.41, 5.74) is 1.49. The Labute approximate surface area is 159 Å². The number of ketones is 1. The molecule has 0 fully saturated rings. The second-order valence-electron chi connectivity index (χ2n) is 5.31. The van der Waals surface area contributed by atoms with Gasteiger partial charge in [-0.1, -0.05) is 52.5 Å². The van der Waals surface area contributed by atoms with Crippen LogP contribution in [0.3, 0.4) is 0 Å². The van der Waals surface area contributed by atoms with Gasteiger partial charge in [-0.25, -0.2) is 0 Å². The molecule has 0 radical (unpaired) electrons. The average Bonchev–Trinajstić information content (AvgIpc) is 2.87. The van der Waals surface area contributed by atoms with Crippen molar-refractivity contribution >= 4 is 63.6 Å². The Morgan fingerprint density at radius 2 is 1.29 bits per heavy atom. The molecule has 124 valence electrons. The Hall–Kier alpha value is -1.39. The van der Waals surface area contributed by atoms with E-state index in [1.807, 2.05) is 0 Å². The Morgan fingerprint density at radius 1 is 0.750 bits per heavy atom. The van der Waals surface area contributed by atoms with Gasteiger partial charge >= 0.3 is 0 Å². The van der Waals surface area contributed by atoms with E-state index in [1.54, 1.807) is 48.6 Å². The summed E-state index contributed by atoms with van der Waals surface area (Å²) in [6.45, 7) is 0. The van der Waals surface area contributed by atoms with Crippen LogP contribution in [0.15, 0.2) is 48.6 Å². The van der Waals surface area contributed by atoms with Gasteiger partial charge in [-0.15, -0.1) is 0 Å². The third kappa shape index (κ3) is 3.81. The molecule has 1 aliphatic carbocycles. The number of nitrogens with one attached hydrogen (secondary N) is 2. The van der Waals surface area contributed by atoms with Gasteiger partial charge in [0.1, 0.15) is 6.04 Å². The van der Waals surface area contributed by atoms with Crippen LogP contribution < -0.4 is 10.6 Å². The molecule has 0 aliphatic heterocycles. The van der Waals surface area contributed by atoms with Crippen molar-refractivity contribution in [1.29, 1.82) is 0 Å². The minimum Gasteiger partial charge on any atom is -0.376 e. The zero-order chi connectivity index (χ0) is 17.3. The van der Waals surface area contributed by atoms with Gasteiger partial charge in [0.2, 0.25) is 0 Å². The van der Waals surface area contributed by atoms with Crippen LogP contribution in [0.2, 0.25) is 20.1 Å². The number of carbonyl (C=O) groups is 1. The van der Waals surface area contributed by atoms with Gasteiger partial charge in [-0.3, -0.25) is 4.79 Å². The molecule has 3 rings (SSSR count). The minimum absolute atomic E-state index is 0.0290. The molecule has 0 saturated heterocycles. The molecule has 0 saturated carbocycles. The van der Waals surface area contributed by atoms with Gasteiger partial charge in [0.05, 0.1) is 26.1 Å². The van der Waals surface area contributed by atoms with E-state index in [0.717, 1.165) is 5.69 Å². The second kappa shape index (κ2) is 7.24. The Bertz CT molecular complexity index is 822. The Kier molecular flexibility index (Phi) is 5.26. The molecule has 0 bridgehead atoms. The van der Waals surface area contributed by atoms with Crippen molar-refractivity contribution in [2.45, 2.75) is 12.1 Å². The molecular weight excluding hydrogens is 390 g/mol. The van der Waals surface area contributed by atoms with E-state index in [-0.39, 0.29) is 11.8 Å². The molecule has 1 aliphatic rings. The minimum atomic E-state index is -0.461. The first-order valence-corrected chi connectivity index (χ1v) is 8.60. The van der Waals surface area contributed by atoms with Crippen molar-refractivity contribution in [1.82, 2.24) is 0 Å². The third-order valence-corrected chi connectivity index (χ3v) is 5.11. The van der Waals surface area contributed by atoms with Crippen LogP contribution in [0.5, 0.6) is 0 Å². The number of rotatable bonds is 4. The molecule has 0 unspecified atom stereocenters. The molecule has 3 nitrogen and oxygen atoms in total. The third-order valence-electron chi connectivity index (χ3n) is 3.63. The molecule has 2 atom stereocenters. The molecule has 0 amide bonds. The van der Waals surface area contributed by atoms with E-state index in [0.29, 0.717) is 25.8 Å². The number of hydrogen-bond acceptors (Lipinski definition) is 3. The summed E-state index contributed by atoms with van der Waals surface area (Å²) >= 11 is 23.9. The van der Waals surface area contributed by atoms with E-state index in [1.165, 1.54) is 0 Å². The molecule has 2 N–H and O–H groups in total. The zero-order valence-electron chi connectivity index (χ0n) is 12.2. The van der Waals surface area contributed by atoms with Gasteiger partial charge in [-0.05, 0) is 42.5 Å². The summed E-state index contributed by atoms with van der Waals surface area (Å²) in [4.78, 5) is 12.2. The predicted octanol–water partition coefficient (Wildman–Crippen LogP) is 5.70. The number of halogens is 4. The summed E-state index contributed by atoms with van der Waals surface area (Å²) in [6.07, 6.45) is 3.35. The molecule has 0 heterocycles. The Balaban J connectivity index is 1.77. The molecule has 2 aromatic carbocycles. The predicted molar refractivity (Wildman–Crippen MR) is 102 cm³/mol. The highest BCUT2D eigenvalue weighted by atomic mass is 35.5. The fourth-order valence-electron chi connectivity index (χ4n) is 2.43. The van der Waals surface area contributed by atoms with E-state index in [4.69, 9.17) is 46.4 Å². The van der Waals surface area contributed by atoms with Crippen LogP contribution in [0, 0.1) is 0 Å². The maximum absolute atomic E-state index is 12.2. The van der Waals surface area contributed by atoms with Crippen molar-refractivity contribution in [3.8, 4) is 0 Å². The summed E-state index contributed by atoms with van der Waals surface area (Å²) in [5, 5.41) is 8.25. The maximum Gasteiger partial charge on any atom is 0.180 e. The maximum atomic E-state index is 12.2. The van der Waals surface area contributed by atoms with Crippen molar-refractivity contribution in [3.05, 3.63) is 68.6 Å². The zero-order valence-corrected chi connectivity index (χ0v) is 15.2. The molecular formula is C17H12Cl4N2O. The molecule has 0 aromatic heterocycles. The largest absolute Gasteiger partial charge is 0.376 e. The quantitative estimate of drug-likeness (QED) is 0.690. The fourth-order valence-corrected chi connectivity index (χ4v) is 3.02. The summed E-state index contributed by atoms with van der Waals surface area (Å²) in [5.74, 6) is -0.0290. The second-order valence-corrected chi connectivity index (χ2v) is 6.94. The molecule has 24 heavy (non-hydrogen) atoms. The van der Waals surface area contributed by atoms with Crippen molar-refractivity contribution in [2.75, 3.05) is 10.6 Å². The summed E-state index contributed by atoms with van der Waals surface area (Å²) < 4.78 is 0. The van der Waals surface area contributed by atoms with Crippen molar-refractivity contribution < 1.29 is 4.79 Å². The topological polar surface area (TPSA) is 41.1 Å². The molecule has 7 heteroatoms. The SMILES string of the molecule is O=C1C=C[C@H](Nc2ccc(Cl)c(Cl)c2)[C@@H]1Nc1ccc(Cl)c(Cl)c1. The van der Waals surface area contributed by atoms with Crippen LogP contribution in [-0.2, 0) is 4.79 Å². The van der Waals surface area contributed by atoms with Gasteiger partial charge in [0.15, 0.2) is 5.78 Å². The van der Waals surface area contributed by atoms with E-state index in [9.17, 15) is 4.79 Å². The van der Waals surface area contributed by atoms with Gasteiger partial charge in [0.25, 0.3) is 0 Å². The van der Waals surface area contributed by atoms with Crippen LogP contribution in [0.25, 0.3) is 0 Å². The van der Waals surface area contributed by atoms with E-state index >= 15 is 0 Å². The number of carbonyl (C=O) groups excluding carboxylic acids is 1. The first-order chi connectivity index (χ1) is 11.4. The van der Waals surface area contributed by atoms with Crippen LogP contribution in [0.1, 0.15) is 0 Å². The lowest BCUT2D eigenvalue weighted by molar-refractivity contribution is -0.114. The molecule has 2 aromatic rings. The van der Waals surface area contributed by atoms with Crippen molar-refractivity contribution in [3.63, 3.8) is 0 Å². The lowest BCUT2D eigenvalue weighted by Gasteiger charge is -2.23. The Morgan fingerprint density at radius 3 is 1.83 bits per heavy atom. The molecule has 0 spiro atoms. The van der Waals surface area contributed by atoms with Crippen molar-refractivity contribution in [2.24, 2.45) is 0 Å². The smallest absolute Gasteiger partial charge is 0.180 e. The highest BCUT2D eigenvalue weighted by Gasteiger charge is 2.30. The first-order valence-electron chi connectivity index (χ1n) is 7.09. The highest BCUT2D eigenvalue weighted by molar-refractivity contribution is 6.42. The summed E-state index contributed by atoms with van der Waals surface area (Å²) in [7, 11) is 0. The lowest BCUT2D eigenvalue weighted by atomic mass is 10.1. The lowest BCUT2D eigenvalue weighted by Crippen LogP contribution is -2.39. The standard InChI is InChI=1S/C17H12Cl4N2O/c18-11-3-1-9(7-13(11)20)22-15-5-6-16(24)17(15)23-10-2-4-12(19)14(21)8-10/h1-8,15,17,22-23H/t15-,17-/m0/s1. The van der Waals surface area contributed by atoms with Gasteiger partial charge < -0.3 is 10.6 Å².